The number of aryl methyl sites for hydroxylation is 1. The summed E-state index contributed by atoms with van der Waals surface area (Å²) in [5, 5.41) is 4.45. The van der Waals surface area contributed by atoms with Crippen molar-refractivity contribution >= 4 is 0 Å². The summed E-state index contributed by atoms with van der Waals surface area (Å²) in [5.41, 5.74) is 7.30. The van der Waals surface area contributed by atoms with Crippen LogP contribution in [0.5, 0.6) is 0 Å². The fourth-order valence-electron chi connectivity index (χ4n) is 3.52. The molecule has 0 amide bonds. The number of piperidine rings is 1. The molecule has 0 aromatic carbocycles. The van der Waals surface area contributed by atoms with Gasteiger partial charge in [0.25, 0.3) is 0 Å². The molecular formula is C13H22N4. The van der Waals surface area contributed by atoms with Crippen molar-refractivity contribution in [3.05, 3.63) is 18.0 Å². The van der Waals surface area contributed by atoms with Crippen molar-refractivity contribution in [2.75, 3.05) is 6.54 Å². The Morgan fingerprint density at radius 1 is 1.35 bits per heavy atom. The first kappa shape index (κ1) is 11.2. The Balaban J connectivity index is 1.59. The van der Waals surface area contributed by atoms with E-state index in [-0.39, 0.29) is 0 Å². The molecule has 2 bridgehead atoms. The number of aromatic nitrogens is 2. The minimum atomic E-state index is 0.443. The van der Waals surface area contributed by atoms with Crippen molar-refractivity contribution in [1.82, 2.24) is 14.7 Å². The van der Waals surface area contributed by atoms with Crippen LogP contribution in [0.1, 0.15) is 31.4 Å². The largest absolute Gasteiger partial charge is 0.328 e. The maximum Gasteiger partial charge on any atom is 0.0637 e. The van der Waals surface area contributed by atoms with Gasteiger partial charge in [-0.15, -0.1) is 0 Å². The van der Waals surface area contributed by atoms with E-state index < -0.39 is 0 Å². The molecule has 2 N–H and O–H groups in total. The summed E-state index contributed by atoms with van der Waals surface area (Å²) >= 11 is 0. The number of fused-ring (bicyclic) bond motifs is 2. The fourth-order valence-corrected chi connectivity index (χ4v) is 3.52. The lowest BCUT2D eigenvalue weighted by Gasteiger charge is -2.37. The molecule has 94 valence electrons. The summed E-state index contributed by atoms with van der Waals surface area (Å²) in [5.74, 6) is 0. The fraction of sp³-hybridized carbons (Fsp3) is 0.769. The summed E-state index contributed by atoms with van der Waals surface area (Å²) in [4.78, 5) is 2.68. The van der Waals surface area contributed by atoms with Gasteiger partial charge in [0.1, 0.15) is 0 Å². The quantitative estimate of drug-likeness (QED) is 0.846. The van der Waals surface area contributed by atoms with Gasteiger partial charge in [0.15, 0.2) is 0 Å². The van der Waals surface area contributed by atoms with Gasteiger partial charge in [-0.05, 0) is 31.7 Å². The molecule has 2 aliphatic heterocycles. The van der Waals surface area contributed by atoms with E-state index in [2.05, 4.69) is 16.1 Å². The summed E-state index contributed by atoms with van der Waals surface area (Å²) in [6, 6.07) is 4.05. The number of nitrogens with two attached hydrogens (primary N) is 1. The van der Waals surface area contributed by atoms with Crippen LogP contribution in [0.2, 0.25) is 0 Å². The molecule has 4 nitrogen and oxygen atoms in total. The van der Waals surface area contributed by atoms with Gasteiger partial charge in [-0.25, -0.2) is 0 Å². The Morgan fingerprint density at radius 2 is 2.06 bits per heavy atom. The Labute approximate surface area is 103 Å². The van der Waals surface area contributed by atoms with Crippen LogP contribution >= 0.6 is 0 Å². The number of nitrogens with zero attached hydrogens (tertiary/aromatic N) is 3. The second-order valence-electron chi connectivity index (χ2n) is 5.59. The van der Waals surface area contributed by atoms with Crippen molar-refractivity contribution in [3.8, 4) is 0 Å². The van der Waals surface area contributed by atoms with Crippen LogP contribution in [0, 0.1) is 0 Å². The van der Waals surface area contributed by atoms with E-state index in [4.69, 9.17) is 5.73 Å². The van der Waals surface area contributed by atoms with E-state index in [9.17, 15) is 0 Å². The SMILES string of the molecule is Cn1ccc(CCN2C3CCC2CC(N)C3)n1. The van der Waals surface area contributed by atoms with Crippen LogP contribution in [-0.2, 0) is 13.5 Å². The van der Waals surface area contributed by atoms with E-state index in [1.807, 2.05) is 17.9 Å². The molecule has 3 rings (SSSR count). The summed E-state index contributed by atoms with van der Waals surface area (Å²) in [7, 11) is 1.98. The minimum Gasteiger partial charge on any atom is -0.328 e. The van der Waals surface area contributed by atoms with Crippen LogP contribution in [0.25, 0.3) is 0 Å². The van der Waals surface area contributed by atoms with Gasteiger partial charge in [-0.3, -0.25) is 9.58 Å². The van der Waals surface area contributed by atoms with Gasteiger partial charge in [0.2, 0.25) is 0 Å². The average Bonchev–Trinajstić information content (AvgIpc) is 2.79. The highest BCUT2D eigenvalue weighted by Crippen LogP contribution is 2.34. The van der Waals surface area contributed by atoms with Gasteiger partial charge < -0.3 is 5.73 Å². The smallest absolute Gasteiger partial charge is 0.0637 e. The molecule has 2 saturated heterocycles. The molecule has 0 spiro atoms. The second-order valence-corrected chi connectivity index (χ2v) is 5.59. The van der Waals surface area contributed by atoms with Crippen LogP contribution < -0.4 is 5.73 Å². The zero-order chi connectivity index (χ0) is 11.8. The van der Waals surface area contributed by atoms with E-state index >= 15 is 0 Å². The van der Waals surface area contributed by atoms with Gasteiger partial charge in [0.05, 0.1) is 5.69 Å². The Bertz CT molecular complexity index is 373. The topological polar surface area (TPSA) is 47.1 Å². The molecule has 2 fully saturated rings. The van der Waals surface area contributed by atoms with Crippen molar-refractivity contribution < 1.29 is 0 Å². The zero-order valence-electron chi connectivity index (χ0n) is 10.5. The van der Waals surface area contributed by atoms with Crippen LogP contribution in [-0.4, -0.2) is 39.4 Å². The van der Waals surface area contributed by atoms with E-state index in [1.165, 1.54) is 31.4 Å². The molecule has 2 unspecified atom stereocenters. The summed E-state index contributed by atoms with van der Waals surface area (Å²) in [6.07, 6.45) is 8.18. The summed E-state index contributed by atoms with van der Waals surface area (Å²) in [6.45, 7) is 1.15. The van der Waals surface area contributed by atoms with E-state index in [0.29, 0.717) is 6.04 Å². The number of hydrogen-bond donors (Lipinski definition) is 1. The number of rotatable bonds is 3. The van der Waals surface area contributed by atoms with Crippen LogP contribution in [0.15, 0.2) is 12.3 Å². The summed E-state index contributed by atoms with van der Waals surface area (Å²) < 4.78 is 1.88. The lowest BCUT2D eigenvalue weighted by atomic mass is 9.98. The third-order valence-electron chi connectivity index (χ3n) is 4.32. The van der Waals surface area contributed by atoms with Crippen LogP contribution in [0.3, 0.4) is 0 Å². The third kappa shape index (κ3) is 2.24. The molecular weight excluding hydrogens is 212 g/mol. The standard InChI is InChI=1S/C13H22N4/c1-16-6-4-11(15-16)5-7-17-12-2-3-13(17)9-10(14)8-12/h4,6,10,12-13H,2-3,5,7-9,14H2,1H3. The first-order chi connectivity index (χ1) is 8.22. The highest BCUT2D eigenvalue weighted by molar-refractivity contribution is 5.02. The zero-order valence-corrected chi connectivity index (χ0v) is 10.5. The van der Waals surface area contributed by atoms with Gasteiger partial charge in [-0.2, -0.15) is 5.10 Å². The van der Waals surface area contributed by atoms with Gasteiger partial charge in [-0.1, -0.05) is 0 Å². The first-order valence-electron chi connectivity index (χ1n) is 6.72. The van der Waals surface area contributed by atoms with Crippen molar-refractivity contribution in [2.24, 2.45) is 12.8 Å². The molecule has 0 aliphatic carbocycles. The molecule has 2 aliphatic rings. The number of hydrogen-bond acceptors (Lipinski definition) is 3. The van der Waals surface area contributed by atoms with Crippen molar-refractivity contribution in [3.63, 3.8) is 0 Å². The predicted octanol–water partition coefficient (Wildman–Crippen LogP) is 0.917. The average molecular weight is 234 g/mol. The molecule has 3 heterocycles. The molecule has 17 heavy (non-hydrogen) atoms. The first-order valence-corrected chi connectivity index (χ1v) is 6.72. The Morgan fingerprint density at radius 3 is 2.65 bits per heavy atom. The third-order valence-corrected chi connectivity index (χ3v) is 4.32. The highest BCUT2D eigenvalue weighted by Gasteiger charge is 2.38. The predicted molar refractivity (Wildman–Crippen MR) is 67.6 cm³/mol. The Hall–Kier alpha value is -0.870. The molecule has 2 atom stereocenters. The molecule has 0 saturated carbocycles. The van der Waals surface area contributed by atoms with E-state index in [0.717, 1.165) is 25.0 Å². The van der Waals surface area contributed by atoms with Crippen molar-refractivity contribution in [1.29, 1.82) is 0 Å². The van der Waals surface area contributed by atoms with E-state index in [1.54, 1.807) is 0 Å². The monoisotopic (exact) mass is 234 g/mol. The second kappa shape index (κ2) is 4.42. The molecule has 4 heteroatoms. The maximum atomic E-state index is 6.09. The minimum absolute atomic E-state index is 0.443. The Kier molecular flexibility index (Phi) is 2.92. The highest BCUT2D eigenvalue weighted by atomic mass is 15.3. The molecule has 1 aromatic heterocycles. The maximum absolute atomic E-state index is 6.09. The molecule has 0 radical (unpaired) electrons. The normalized spacial score (nSPS) is 33.2. The van der Waals surface area contributed by atoms with Gasteiger partial charge in [0, 0.05) is 44.3 Å². The van der Waals surface area contributed by atoms with Gasteiger partial charge >= 0.3 is 0 Å². The lowest BCUT2D eigenvalue weighted by molar-refractivity contribution is 0.129. The molecule has 1 aromatic rings. The van der Waals surface area contributed by atoms with Crippen LogP contribution in [0.4, 0.5) is 0 Å². The van der Waals surface area contributed by atoms with Crippen molar-refractivity contribution in [2.45, 2.75) is 50.2 Å². The lowest BCUT2D eigenvalue weighted by Crippen LogP contribution is -2.48.